The zero-order valence-electron chi connectivity index (χ0n) is 25.7. The summed E-state index contributed by atoms with van der Waals surface area (Å²) in [5.41, 5.74) is 6.10. The lowest BCUT2D eigenvalue weighted by atomic mass is 10.2. The average Bonchev–Trinajstić information content (AvgIpc) is 3.60. The Kier molecular flexibility index (Phi) is 24.1. The van der Waals surface area contributed by atoms with Gasteiger partial charge < -0.3 is 0 Å². The second kappa shape index (κ2) is 26.0. The highest BCUT2D eigenvalue weighted by atomic mass is 128. The third-order valence-corrected chi connectivity index (χ3v) is 13.3. The van der Waals surface area contributed by atoms with Crippen LogP contribution in [-0.2, 0) is 0 Å². The average molecular weight is 1380 g/mol. The monoisotopic (exact) mass is 1370 g/mol. The van der Waals surface area contributed by atoms with E-state index in [-0.39, 0.29) is 0 Å². The first-order valence-electron chi connectivity index (χ1n) is 14.0. The van der Waals surface area contributed by atoms with Gasteiger partial charge in [-0.1, -0.05) is 142 Å². The first-order chi connectivity index (χ1) is 25.2. The Balaban J connectivity index is 0.000000540. The van der Waals surface area contributed by atoms with Crippen molar-refractivity contribution in [1.82, 2.24) is 18.3 Å². The molecule has 0 saturated heterocycles. The number of nitrogens with zero attached hydrogens (tertiary/aromatic N) is 4. The van der Waals surface area contributed by atoms with Gasteiger partial charge in [-0.2, -0.15) is 0 Å². The van der Waals surface area contributed by atoms with E-state index in [1.807, 2.05) is 24.3 Å². The minimum atomic E-state index is -0.750. The number of para-hydroxylation sites is 4. The van der Waals surface area contributed by atoms with E-state index in [1.165, 1.54) is 0 Å². The quantitative estimate of drug-likeness (QED) is 0.0753. The fourth-order valence-corrected chi connectivity index (χ4v) is 11.7. The van der Waals surface area contributed by atoms with Crippen molar-refractivity contribution < 1.29 is 0 Å². The van der Waals surface area contributed by atoms with Gasteiger partial charge in [-0.3, -0.25) is 18.3 Å². The summed E-state index contributed by atoms with van der Waals surface area (Å²) in [5.74, 6) is 0. The van der Waals surface area contributed by atoms with E-state index >= 15 is 0 Å². The van der Waals surface area contributed by atoms with Crippen molar-refractivity contribution in [3.8, 4) is 34.1 Å². The molecule has 276 valence electrons. The number of halogens is 10. The van der Waals surface area contributed by atoms with Gasteiger partial charge >= 0.3 is 0 Å². The van der Waals surface area contributed by atoms with Gasteiger partial charge in [0.2, 0.25) is 0 Å². The smallest absolute Gasteiger partial charge is 0.190 e. The van der Waals surface area contributed by atoms with E-state index in [0.29, 0.717) is 9.54 Å². The fourth-order valence-electron chi connectivity index (χ4n) is 4.87. The molecule has 20 heteroatoms. The van der Waals surface area contributed by atoms with Crippen LogP contribution in [-0.4, -0.2) is 26.9 Å². The molecule has 0 fully saturated rings. The molecular weight excluding hydrogens is 1350 g/mol. The lowest BCUT2D eigenvalue weighted by Gasteiger charge is -2.17. The van der Waals surface area contributed by atoms with Crippen molar-refractivity contribution in [3.05, 3.63) is 131 Å². The molecule has 52 heavy (non-hydrogen) atoms. The Labute approximate surface area is 405 Å². The molecule has 7 rings (SSSR count). The minimum Gasteiger partial charge on any atom is -0.282 e. The number of hydrogen-bond acceptors (Lipinski definition) is 6. The summed E-state index contributed by atoms with van der Waals surface area (Å²) < 4.78 is 8.68. The summed E-state index contributed by atoms with van der Waals surface area (Å²) in [4.78, 5) is 0. The lowest BCUT2D eigenvalue weighted by molar-refractivity contribution is 0.914. The lowest BCUT2D eigenvalue weighted by Crippen LogP contribution is -2.03. The molecule has 0 atom stereocenters. The second-order valence-corrected chi connectivity index (χ2v) is 19.7. The summed E-state index contributed by atoms with van der Waals surface area (Å²) in [6.45, 7) is 0. The van der Waals surface area contributed by atoms with Crippen LogP contribution < -0.4 is 0 Å². The number of benzene rings is 4. The molecule has 0 unspecified atom stereocenters. The maximum atomic E-state index is 6.28. The molecule has 6 aromatic rings. The van der Waals surface area contributed by atoms with Crippen LogP contribution in [0.2, 0.25) is 0 Å². The van der Waals surface area contributed by atoms with Crippen LogP contribution in [0.25, 0.3) is 34.1 Å². The number of fused-ring (bicyclic) bond motifs is 3. The SMILES string of the molecule is ClC(Cl)Cl.ClC(Cl)Cl.II.II.S=c1n(-c2ccccc2)c2c(n1-c1ccccc1)-c1c(n(-c3ccccc3)c(=S)n1-c1ccccc1)SSSS2. The molecule has 0 bridgehead atoms. The van der Waals surface area contributed by atoms with Crippen molar-refractivity contribution in [2.24, 2.45) is 0 Å². The largest absolute Gasteiger partial charge is 0.282 e. The Morgan fingerprint density at radius 3 is 0.846 bits per heavy atom. The van der Waals surface area contributed by atoms with Gasteiger partial charge in [0, 0.05) is 97.2 Å². The number of hydrogen-bond donors (Lipinski definition) is 0. The highest BCUT2D eigenvalue weighted by Gasteiger charge is 2.32. The molecular formula is C32H22Cl6I4N4S6. The van der Waals surface area contributed by atoms with Crippen molar-refractivity contribution in [2.75, 3.05) is 0 Å². The van der Waals surface area contributed by atoms with Gasteiger partial charge in [0.05, 0.1) is 0 Å². The van der Waals surface area contributed by atoms with Gasteiger partial charge in [0.15, 0.2) is 18.1 Å². The summed E-state index contributed by atoms with van der Waals surface area (Å²) in [6.07, 6.45) is 0. The van der Waals surface area contributed by atoms with E-state index in [1.54, 1.807) is 41.2 Å². The summed E-state index contributed by atoms with van der Waals surface area (Å²) >= 11 is 49.9. The van der Waals surface area contributed by atoms with Crippen molar-refractivity contribution in [3.63, 3.8) is 0 Å². The molecule has 0 aliphatic carbocycles. The third kappa shape index (κ3) is 13.2. The van der Waals surface area contributed by atoms with Gasteiger partial charge in [-0.05, 0) is 114 Å². The molecule has 4 aromatic carbocycles. The number of aromatic nitrogens is 4. The Hall–Kier alpha value is 1.80. The van der Waals surface area contributed by atoms with Crippen LogP contribution in [0.15, 0.2) is 131 Å². The van der Waals surface area contributed by atoms with E-state index < -0.39 is 8.59 Å². The topological polar surface area (TPSA) is 19.7 Å². The molecule has 3 heterocycles. The van der Waals surface area contributed by atoms with Gasteiger partial charge in [-0.25, -0.2) is 0 Å². The Morgan fingerprint density at radius 2 is 0.615 bits per heavy atom. The fraction of sp³-hybridized carbons (Fsp3) is 0.0625. The van der Waals surface area contributed by atoms with Gasteiger partial charge in [0.1, 0.15) is 21.4 Å². The van der Waals surface area contributed by atoms with Crippen LogP contribution >= 0.6 is 210 Å². The third-order valence-electron chi connectivity index (χ3n) is 6.56. The number of rotatable bonds is 4. The first-order valence-corrected chi connectivity index (χ1v) is 34.8. The van der Waals surface area contributed by atoms with Crippen molar-refractivity contribution in [1.29, 1.82) is 0 Å². The molecule has 4 nitrogen and oxygen atoms in total. The Bertz CT molecular complexity index is 1920. The Morgan fingerprint density at radius 1 is 0.404 bits per heavy atom. The molecule has 0 saturated carbocycles. The zero-order chi connectivity index (χ0) is 38.2. The maximum Gasteiger partial charge on any atom is 0.190 e. The van der Waals surface area contributed by atoms with Crippen LogP contribution in [0.4, 0.5) is 0 Å². The maximum absolute atomic E-state index is 6.28. The summed E-state index contributed by atoms with van der Waals surface area (Å²) in [5, 5.41) is 2.12. The zero-order valence-corrected chi connectivity index (χ0v) is 43.8. The van der Waals surface area contributed by atoms with Gasteiger partial charge in [-0.15, -0.1) is 0 Å². The van der Waals surface area contributed by atoms with Gasteiger partial charge in [0.25, 0.3) is 0 Å². The highest BCUT2D eigenvalue weighted by Crippen LogP contribution is 2.58. The van der Waals surface area contributed by atoms with Crippen LogP contribution in [0.3, 0.4) is 0 Å². The van der Waals surface area contributed by atoms with E-state index in [0.717, 1.165) is 44.2 Å². The highest BCUT2D eigenvalue weighted by molar-refractivity contribution is 15.0. The minimum absolute atomic E-state index is 0.705. The molecule has 0 amide bonds. The van der Waals surface area contributed by atoms with E-state index in [4.69, 9.17) is 94.0 Å². The number of imidazole rings is 2. The van der Waals surface area contributed by atoms with E-state index in [2.05, 4.69) is 190 Å². The van der Waals surface area contributed by atoms with Crippen LogP contribution in [0, 0.1) is 9.54 Å². The van der Waals surface area contributed by atoms with E-state index in [9.17, 15) is 0 Å². The summed E-state index contributed by atoms with van der Waals surface area (Å²) in [7, 11) is 6.93. The molecule has 0 radical (unpaired) electrons. The molecule has 1 aliphatic rings. The summed E-state index contributed by atoms with van der Waals surface area (Å²) in [6, 6.07) is 41.4. The first kappa shape index (κ1) is 48.2. The van der Waals surface area contributed by atoms with Crippen LogP contribution in [0.1, 0.15) is 0 Å². The molecule has 2 aromatic heterocycles. The van der Waals surface area contributed by atoms with Crippen molar-refractivity contribution >= 4 is 210 Å². The normalized spacial score (nSPS) is 11.5. The predicted molar refractivity (Wildman–Crippen MR) is 277 cm³/mol. The second-order valence-electron chi connectivity index (χ2n) is 9.35. The predicted octanol–water partition coefficient (Wildman–Crippen LogP) is 17.9. The van der Waals surface area contributed by atoms with Crippen LogP contribution in [0.5, 0.6) is 0 Å². The molecule has 0 spiro atoms. The molecule has 0 N–H and O–H groups in total. The van der Waals surface area contributed by atoms with Crippen molar-refractivity contribution in [2.45, 2.75) is 18.6 Å². The standard InChI is InChI=1S/C30H20N4S6.2CHCl3.2I2/c35-29-31(21-13-5-1-6-14-21)25-26-28(38-40-39-37-27(25)33(29)23-17-9-3-10-18-23)34(24-19-11-4-12-20-24)30(36)32(26)22-15-7-2-8-16-22;2*2-1(3)4;2*1-2/h1-20H;2*1H;;. The number of alkyl halides is 6. The molecule has 1 aliphatic heterocycles.